The molecule has 0 saturated carbocycles. The van der Waals surface area contributed by atoms with E-state index in [2.05, 4.69) is 15.9 Å². The largest absolute Gasteiger partial charge is 0.495 e. The maximum Gasteiger partial charge on any atom is 0.320 e. The molecule has 5 heteroatoms. The van der Waals surface area contributed by atoms with Gasteiger partial charge in [-0.2, -0.15) is 0 Å². The second kappa shape index (κ2) is 6.02. The predicted octanol–water partition coefficient (Wildman–Crippen LogP) is 2.36. The number of methoxy groups -OCH3 is 1. The zero-order valence-corrected chi connectivity index (χ0v) is 11.7. The van der Waals surface area contributed by atoms with E-state index < -0.39 is 12.0 Å². The molecule has 0 spiro atoms. The topological polar surface area (TPSA) is 49.8 Å². The summed E-state index contributed by atoms with van der Waals surface area (Å²) in [5.41, 5.74) is 0.956. The lowest BCUT2D eigenvalue weighted by atomic mass is 10.1. The Morgan fingerprint density at radius 2 is 2.24 bits per heavy atom. The van der Waals surface area contributed by atoms with Crippen LogP contribution < -0.4 is 4.74 Å². The van der Waals surface area contributed by atoms with E-state index in [-0.39, 0.29) is 0 Å². The SMILES string of the molecule is COc1c(Br)cccc1CN(C)C(C)C(=O)O. The summed E-state index contributed by atoms with van der Waals surface area (Å²) in [5.74, 6) is -0.0848. The van der Waals surface area contributed by atoms with Gasteiger partial charge in [-0.25, -0.2) is 0 Å². The Labute approximate surface area is 109 Å². The van der Waals surface area contributed by atoms with Gasteiger partial charge >= 0.3 is 5.97 Å². The Balaban J connectivity index is 2.88. The minimum atomic E-state index is -0.832. The lowest BCUT2D eigenvalue weighted by Crippen LogP contribution is -2.35. The van der Waals surface area contributed by atoms with Crippen LogP contribution in [0.3, 0.4) is 0 Å². The zero-order valence-electron chi connectivity index (χ0n) is 10.1. The molecule has 1 aromatic carbocycles. The Kier molecular flexibility index (Phi) is 4.96. The van der Waals surface area contributed by atoms with Crippen LogP contribution in [0.2, 0.25) is 0 Å². The molecule has 1 rings (SSSR count). The predicted molar refractivity (Wildman–Crippen MR) is 69.3 cm³/mol. The molecule has 0 aliphatic rings. The van der Waals surface area contributed by atoms with E-state index in [0.717, 1.165) is 15.8 Å². The lowest BCUT2D eigenvalue weighted by Gasteiger charge is -2.22. The molecule has 1 aromatic rings. The highest BCUT2D eigenvalue weighted by molar-refractivity contribution is 9.10. The Hall–Kier alpha value is -1.07. The maximum absolute atomic E-state index is 10.9. The first kappa shape index (κ1) is 14.0. The Morgan fingerprint density at radius 1 is 1.59 bits per heavy atom. The number of hydrogen-bond donors (Lipinski definition) is 1. The van der Waals surface area contributed by atoms with Crippen molar-refractivity contribution in [1.29, 1.82) is 0 Å². The molecule has 0 heterocycles. The number of para-hydroxylation sites is 1. The minimum absolute atomic E-state index is 0.524. The highest BCUT2D eigenvalue weighted by Gasteiger charge is 2.18. The van der Waals surface area contributed by atoms with Gasteiger partial charge in [0.05, 0.1) is 11.6 Å². The molecule has 0 aliphatic heterocycles. The van der Waals surface area contributed by atoms with Gasteiger partial charge in [0.25, 0.3) is 0 Å². The average molecular weight is 302 g/mol. The average Bonchev–Trinajstić information content (AvgIpc) is 2.28. The van der Waals surface area contributed by atoms with Gasteiger partial charge < -0.3 is 9.84 Å². The monoisotopic (exact) mass is 301 g/mol. The molecular weight excluding hydrogens is 286 g/mol. The summed E-state index contributed by atoms with van der Waals surface area (Å²) in [4.78, 5) is 12.6. The molecule has 0 bridgehead atoms. The van der Waals surface area contributed by atoms with Crippen LogP contribution in [0, 0.1) is 0 Å². The number of carbonyl (C=O) groups is 1. The van der Waals surface area contributed by atoms with E-state index in [1.54, 1.807) is 26.0 Å². The van der Waals surface area contributed by atoms with Crippen LogP contribution in [0.25, 0.3) is 0 Å². The molecule has 94 valence electrons. The van der Waals surface area contributed by atoms with Crippen molar-refractivity contribution < 1.29 is 14.6 Å². The fraction of sp³-hybridized carbons (Fsp3) is 0.417. The molecule has 0 aromatic heterocycles. The molecule has 1 N–H and O–H groups in total. The van der Waals surface area contributed by atoms with E-state index in [4.69, 9.17) is 9.84 Å². The van der Waals surface area contributed by atoms with Crippen molar-refractivity contribution in [2.45, 2.75) is 19.5 Å². The highest BCUT2D eigenvalue weighted by atomic mass is 79.9. The summed E-state index contributed by atoms with van der Waals surface area (Å²) in [6, 6.07) is 5.19. The molecule has 0 amide bonds. The molecule has 1 atom stereocenters. The van der Waals surface area contributed by atoms with Crippen LogP contribution in [-0.2, 0) is 11.3 Å². The standard InChI is InChI=1S/C12H16BrNO3/c1-8(12(15)16)14(2)7-9-5-4-6-10(13)11(9)17-3/h4-6,8H,7H2,1-3H3,(H,15,16). The smallest absolute Gasteiger partial charge is 0.320 e. The molecule has 4 nitrogen and oxygen atoms in total. The first-order valence-corrected chi connectivity index (χ1v) is 6.01. The quantitative estimate of drug-likeness (QED) is 0.907. The molecular formula is C12H16BrNO3. The number of carboxylic acids is 1. The van der Waals surface area contributed by atoms with Crippen molar-refractivity contribution in [3.63, 3.8) is 0 Å². The van der Waals surface area contributed by atoms with Crippen molar-refractivity contribution in [2.24, 2.45) is 0 Å². The second-order valence-corrected chi connectivity index (χ2v) is 4.72. The van der Waals surface area contributed by atoms with Crippen LogP contribution in [0.4, 0.5) is 0 Å². The van der Waals surface area contributed by atoms with E-state index >= 15 is 0 Å². The summed E-state index contributed by atoms with van der Waals surface area (Å²) in [6.45, 7) is 2.18. The maximum atomic E-state index is 10.9. The third-order valence-electron chi connectivity index (χ3n) is 2.69. The summed E-state index contributed by atoms with van der Waals surface area (Å²) >= 11 is 3.40. The lowest BCUT2D eigenvalue weighted by molar-refractivity contribution is -0.142. The van der Waals surface area contributed by atoms with E-state index in [1.807, 2.05) is 18.2 Å². The van der Waals surface area contributed by atoms with Crippen molar-refractivity contribution in [2.75, 3.05) is 14.2 Å². The molecule has 0 radical (unpaired) electrons. The van der Waals surface area contributed by atoms with Crippen LogP contribution >= 0.6 is 15.9 Å². The minimum Gasteiger partial charge on any atom is -0.495 e. The van der Waals surface area contributed by atoms with E-state index in [9.17, 15) is 4.79 Å². The number of hydrogen-bond acceptors (Lipinski definition) is 3. The van der Waals surface area contributed by atoms with Gasteiger partial charge in [0, 0.05) is 12.1 Å². The molecule has 0 fully saturated rings. The summed E-state index contributed by atoms with van der Waals surface area (Å²) in [5, 5.41) is 8.93. The van der Waals surface area contributed by atoms with E-state index in [0.29, 0.717) is 6.54 Å². The number of aliphatic carboxylic acids is 1. The highest BCUT2D eigenvalue weighted by Crippen LogP contribution is 2.29. The molecule has 0 aliphatic carbocycles. The van der Waals surface area contributed by atoms with Crippen LogP contribution in [0.1, 0.15) is 12.5 Å². The van der Waals surface area contributed by atoms with Crippen molar-refractivity contribution >= 4 is 21.9 Å². The Morgan fingerprint density at radius 3 is 2.76 bits per heavy atom. The van der Waals surface area contributed by atoms with Crippen molar-refractivity contribution in [1.82, 2.24) is 4.90 Å². The van der Waals surface area contributed by atoms with Crippen LogP contribution in [0.15, 0.2) is 22.7 Å². The molecule has 0 saturated heterocycles. The van der Waals surface area contributed by atoms with Crippen molar-refractivity contribution in [3.8, 4) is 5.75 Å². The molecule has 17 heavy (non-hydrogen) atoms. The number of benzene rings is 1. The molecule has 1 unspecified atom stereocenters. The van der Waals surface area contributed by atoms with Gasteiger partial charge in [-0.3, -0.25) is 9.69 Å². The second-order valence-electron chi connectivity index (χ2n) is 3.86. The van der Waals surface area contributed by atoms with Gasteiger partial charge in [0.1, 0.15) is 11.8 Å². The van der Waals surface area contributed by atoms with Crippen molar-refractivity contribution in [3.05, 3.63) is 28.2 Å². The number of ether oxygens (including phenoxy) is 1. The number of rotatable bonds is 5. The number of halogens is 1. The summed E-state index contributed by atoms with van der Waals surface area (Å²) in [7, 11) is 3.38. The first-order chi connectivity index (χ1) is 7.97. The number of nitrogens with zero attached hydrogens (tertiary/aromatic N) is 1. The van der Waals surface area contributed by atoms with E-state index in [1.165, 1.54) is 0 Å². The Bertz CT molecular complexity index is 409. The number of likely N-dealkylation sites (N-methyl/N-ethyl adjacent to an activating group) is 1. The van der Waals surface area contributed by atoms with Gasteiger partial charge in [0.2, 0.25) is 0 Å². The van der Waals surface area contributed by atoms with Gasteiger partial charge in [-0.15, -0.1) is 0 Å². The summed E-state index contributed by atoms with van der Waals surface area (Å²) in [6.07, 6.45) is 0. The first-order valence-electron chi connectivity index (χ1n) is 5.21. The van der Waals surface area contributed by atoms with Crippen LogP contribution in [0.5, 0.6) is 5.75 Å². The zero-order chi connectivity index (χ0) is 13.0. The third-order valence-corrected chi connectivity index (χ3v) is 3.32. The van der Waals surface area contributed by atoms with Gasteiger partial charge in [-0.05, 0) is 36.0 Å². The fourth-order valence-electron chi connectivity index (χ4n) is 1.50. The fourth-order valence-corrected chi connectivity index (χ4v) is 2.07. The third kappa shape index (κ3) is 3.44. The van der Waals surface area contributed by atoms with Gasteiger partial charge in [0.15, 0.2) is 0 Å². The van der Waals surface area contributed by atoms with Crippen LogP contribution in [-0.4, -0.2) is 36.2 Å². The summed E-state index contributed by atoms with van der Waals surface area (Å²) < 4.78 is 6.17. The number of carboxylic acid groups (broad SMARTS) is 1. The van der Waals surface area contributed by atoms with Gasteiger partial charge in [-0.1, -0.05) is 12.1 Å². The normalized spacial score (nSPS) is 12.5.